The van der Waals surface area contributed by atoms with Crippen LogP contribution in [-0.4, -0.2) is 29.2 Å². The summed E-state index contributed by atoms with van der Waals surface area (Å²) in [5, 5.41) is 9.48. The molecule has 0 amide bonds. The number of halogens is 1. The molecule has 1 heterocycles. The fourth-order valence-electron chi connectivity index (χ4n) is 3.85. The summed E-state index contributed by atoms with van der Waals surface area (Å²) < 4.78 is 19.0. The molecule has 5 heteroatoms. The Bertz CT molecular complexity index is 962. The van der Waals surface area contributed by atoms with Crippen molar-refractivity contribution in [1.82, 2.24) is 4.90 Å². The third kappa shape index (κ3) is 6.33. The summed E-state index contributed by atoms with van der Waals surface area (Å²) in [7, 11) is 0. The van der Waals surface area contributed by atoms with E-state index >= 15 is 0 Å². The SMILES string of the molecule is OCC1CCCN1Cc1ccc(COc2cccc(SCc3ccc(F)cc3)c2)cc1. The van der Waals surface area contributed by atoms with Gasteiger partial charge in [-0.05, 0) is 66.4 Å². The molecule has 3 nitrogen and oxygen atoms in total. The van der Waals surface area contributed by atoms with E-state index in [9.17, 15) is 9.50 Å². The van der Waals surface area contributed by atoms with Gasteiger partial charge >= 0.3 is 0 Å². The topological polar surface area (TPSA) is 32.7 Å². The lowest BCUT2D eigenvalue weighted by molar-refractivity contribution is 0.153. The van der Waals surface area contributed by atoms with Gasteiger partial charge in [-0.3, -0.25) is 4.90 Å². The normalized spacial score (nSPS) is 16.5. The maximum Gasteiger partial charge on any atom is 0.123 e. The third-order valence-electron chi connectivity index (χ3n) is 5.65. The number of likely N-dealkylation sites (tertiary alicyclic amines) is 1. The molecular formula is C26H28FNO2S. The van der Waals surface area contributed by atoms with Crippen LogP contribution in [0.4, 0.5) is 4.39 Å². The number of nitrogens with zero attached hydrogens (tertiary/aromatic N) is 1. The van der Waals surface area contributed by atoms with Crippen molar-refractivity contribution in [2.24, 2.45) is 0 Å². The maximum absolute atomic E-state index is 13.0. The van der Waals surface area contributed by atoms with E-state index in [0.29, 0.717) is 12.6 Å². The van der Waals surface area contributed by atoms with Gasteiger partial charge in [0.1, 0.15) is 18.2 Å². The van der Waals surface area contributed by atoms with Crippen molar-refractivity contribution in [2.45, 2.75) is 42.7 Å². The van der Waals surface area contributed by atoms with Gasteiger partial charge < -0.3 is 9.84 Å². The smallest absolute Gasteiger partial charge is 0.123 e. The number of hydrogen-bond donors (Lipinski definition) is 1. The number of rotatable bonds is 9. The summed E-state index contributed by atoms with van der Waals surface area (Å²) in [6, 6.07) is 23.6. The van der Waals surface area contributed by atoms with Crippen LogP contribution >= 0.6 is 11.8 Å². The van der Waals surface area contributed by atoms with E-state index in [4.69, 9.17) is 4.74 Å². The Morgan fingerprint density at radius 2 is 1.71 bits per heavy atom. The zero-order valence-corrected chi connectivity index (χ0v) is 18.4. The highest BCUT2D eigenvalue weighted by atomic mass is 32.2. The first-order chi connectivity index (χ1) is 15.2. The van der Waals surface area contributed by atoms with E-state index in [1.54, 1.807) is 11.8 Å². The second-order valence-electron chi connectivity index (χ2n) is 7.94. The Balaban J connectivity index is 1.28. The molecule has 0 saturated carbocycles. The van der Waals surface area contributed by atoms with Gasteiger partial charge in [0.15, 0.2) is 0 Å². The molecular weight excluding hydrogens is 409 g/mol. The molecule has 0 bridgehead atoms. The first kappa shape index (κ1) is 21.9. The summed E-state index contributed by atoms with van der Waals surface area (Å²) >= 11 is 1.71. The molecule has 31 heavy (non-hydrogen) atoms. The standard InChI is InChI=1S/C26H28FNO2S/c27-23-12-10-22(11-13-23)19-31-26-5-1-4-25(15-26)30-18-21-8-6-20(7-9-21)16-28-14-2-3-24(28)17-29/h1,4-13,15,24,29H,2-3,14,16-19H2. The number of ether oxygens (including phenoxy) is 1. The average Bonchev–Trinajstić information content (AvgIpc) is 3.26. The number of hydrogen-bond acceptors (Lipinski definition) is 4. The molecule has 3 aromatic carbocycles. The summed E-state index contributed by atoms with van der Waals surface area (Å²) in [6.45, 7) is 2.72. The first-order valence-electron chi connectivity index (χ1n) is 10.7. The highest BCUT2D eigenvalue weighted by molar-refractivity contribution is 7.98. The highest BCUT2D eigenvalue weighted by Gasteiger charge is 2.23. The lowest BCUT2D eigenvalue weighted by atomic mass is 10.1. The van der Waals surface area contributed by atoms with Crippen LogP contribution in [-0.2, 0) is 18.9 Å². The first-order valence-corrected chi connectivity index (χ1v) is 11.7. The maximum atomic E-state index is 13.0. The molecule has 1 unspecified atom stereocenters. The molecule has 1 saturated heterocycles. The van der Waals surface area contributed by atoms with E-state index in [2.05, 4.69) is 35.2 Å². The summed E-state index contributed by atoms with van der Waals surface area (Å²) in [5.74, 6) is 1.43. The van der Waals surface area contributed by atoms with Crippen LogP contribution in [0.2, 0.25) is 0 Å². The van der Waals surface area contributed by atoms with Gasteiger partial charge in [-0.2, -0.15) is 0 Å². The molecule has 1 atom stereocenters. The zero-order chi connectivity index (χ0) is 21.5. The molecule has 1 aliphatic heterocycles. The van der Waals surface area contributed by atoms with Crippen LogP contribution in [0.25, 0.3) is 0 Å². The third-order valence-corrected chi connectivity index (χ3v) is 6.71. The number of thioether (sulfide) groups is 1. The number of aliphatic hydroxyl groups excluding tert-OH is 1. The van der Waals surface area contributed by atoms with Crippen molar-refractivity contribution in [3.05, 3.63) is 95.3 Å². The van der Waals surface area contributed by atoms with E-state index in [0.717, 1.165) is 47.0 Å². The summed E-state index contributed by atoms with van der Waals surface area (Å²) in [4.78, 5) is 3.49. The molecule has 0 radical (unpaired) electrons. The minimum absolute atomic E-state index is 0.206. The minimum Gasteiger partial charge on any atom is -0.489 e. The van der Waals surface area contributed by atoms with Gasteiger partial charge in [0, 0.05) is 23.2 Å². The second kappa shape index (κ2) is 10.8. The van der Waals surface area contributed by atoms with E-state index in [1.807, 2.05) is 30.3 Å². The van der Waals surface area contributed by atoms with Gasteiger partial charge in [0.25, 0.3) is 0 Å². The van der Waals surface area contributed by atoms with Crippen molar-refractivity contribution in [3.8, 4) is 5.75 Å². The van der Waals surface area contributed by atoms with E-state index < -0.39 is 0 Å². The summed E-state index contributed by atoms with van der Waals surface area (Å²) in [6.07, 6.45) is 2.25. The van der Waals surface area contributed by atoms with Gasteiger partial charge in [0.05, 0.1) is 6.61 Å². The highest BCUT2D eigenvalue weighted by Crippen LogP contribution is 2.27. The largest absolute Gasteiger partial charge is 0.489 e. The number of benzene rings is 3. The van der Waals surface area contributed by atoms with Crippen LogP contribution in [0.1, 0.15) is 29.5 Å². The predicted octanol–water partition coefficient (Wildman–Crippen LogP) is 5.65. The van der Waals surface area contributed by atoms with Crippen molar-refractivity contribution in [1.29, 1.82) is 0 Å². The van der Waals surface area contributed by atoms with E-state index in [-0.39, 0.29) is 12.4 Å². The Kier molecular flexibility index (Phi) is 7.62. The minimum atomic E-state index is -0.206. The molecule has 1 aliphatic rings. The molecule has 162 valence electrons. The molecule has 0 aromatic heterocycles. The van der Waals surface area contributed by atoms with Gasteiger partial charge in [-0.1, -0.05) is 42.5 Å². The van der Waals surface area contributed by atoms with E-state index in [1.165, 1.54) is 24.1 Å². The fourth-order valence-corrected chi connectivity index (χ4v) is 4.75. The molecule has 1 N–H and O–H groups in total. The Hall–Kier alpha value is -2.34. The van der Waals surface area contributed by atoms with Crippen LogP contribution < -0.4 is 4.74 Å². The van der Waals surface area contributed by atoms with Crippen molar-refractivity contribution in [2.75, 3.05) is 13.2 Å². The Morgan fingerprint density at radius 1 is 0.968 bits per heavy atom. The zero-order valence-electron chi connectivity index (χ0n) is 17.5. The van der Waals surface area contributed by atoms with Crippen molar-refractivity contribution >= 4 is 11.8 Å². The van der Waals surface area contributed by atoms with Crippen LogP contribution in [0.3, 0.4) is 0 Å². The van der Waals surface area contributed by atoms with Crippen molar-refractivity contribution < 1.29 is 14.2 Å². The molecule has 0 aliphatic carbocycles. The Morgan fingerprint density at radius 3 is 2.48 bits per heavy atom. The average molecular weight is 438 g/mol. The molecule has 0 spiro atoms. The molecule has 3 aromatic rings. The lowest BCUT2D eigenvalue weighted by Gasteiger charge is -2.22. The molecule has 4 rings (SSSR count). The monoisotopic (exact) mass is 437 g/mol. The lowest BCUT2D eigenvalue weighted by Crippen LogP contribution is -2.31. The predicted molar refractivity (Wildman–Crippen MR) is 124 cm³/mol. The van der Waals surface area contributed by atoms with Crippen LogP contribution in [0.15, 0.2) is 77.7 Å². The summed E-state index contributed by atoms with van der Waals surface area (Å²) in [5.41, 5.74) is 3.49. The second-order valence-corrected chi connectivity index (χ2v) is 8.99. The van der Waals surface area contributed by atoms with Crippen LogP contribution in [0.5, 0.6) is 5.75 Å². The quantitative estimate of drug-likeness (QED) is 0.438. The van der Waals surface area contributed by atoms with Gasteiger partial charge in [0.2, 0.25) is 0 Å². The van der Waals surface area contributed by atoms with Gasteiger partial charge in [-0.25, -0.2) is 4.39 Å². The number of aliphatic hydroxyl groups is 1. The fraction of sp³-hybridized carbons (Fsp3) is 0.308. The molecule has 1 fully saturated rings. The van der Waals surface area contributed by atoms with Gasteiger partial charge in [-0.15, -0.1) is 11.8 Å². The Labute approximate surface area is 187 Å². The van der Waals surface area contributed by atoms with Crippen LogP contribution in [0, 0.1) is 5.82 Å². The van der Waals surface area contributed by atoms with Crippen molar-refractivity contribution in [3.63, 3.8) is 0 Å².